The number of allylic oxidation sites excluding steroid dienone is 4. The average Bonchev–Trinajstić information content (AvgIpc) is 2.31. The van der Waals surface area contributed by atoms with E-state index in [9.17, 15) is 4.79 Å². The molecule has 2 nitrogen and oxygen atoms in total. The van der Waals surface area contributed by atoms with Gasteiger partial charge in [0.2, 0.25) is 0 Å². The highest BCUT2D eigenvalue weighted by molar-refractivity contribution is 5.55. The number of carbonyl (C=O) groups excluding carboxylic acids is 1. The fourth-order valence-electron chi connectivity index (χ4n) is 1.08. The molecule has 12 heavy (non-hydrogen) atoms. The van der Waals surface area contributed by atoms with Crippen LogP contribution in [0.4, 0.5) is 0 Å². The Morgan fingerprint density at radius 1 is 1.58 bits per heavy atom. The summed E-state index contributed by atoms with van der Waals surface area (Å²) in [6.07, 6.45) is 9.75. The van der Waals surface area contributed by atoms with Crippen molar-refractivity contribution in [3.8, 4) is 0 Å². The van der Waals surface area contributed by atoms with Crippen LogP contribution in [-0.2, 0) is 4.79 Å². The summed E-state index contributed by atoms with van der Waals surface area (Å²) in [5.74, 6) is 0. The van der Waals surface area contributed by atoms with Crippen LogP contribution in [0.25, 0.3) is 0 Å². The molecule has 64 valence electrons. The van der Waals surface area contributed by atoms with E-state index in [4.69, 9.17) is 5.11 Å². The third kappa shape index (κ3) is 2.47. The van der Waals surface area contributed by atoms with Crippen LogP contribution in [0.2, 0.25) is 0 Å². The van der Waals surface area contributed by atoms with Gasteiger partial charge in [0.25, 0.3) is 0 Å². The monoisotopic (exact) mass is 164 g/mol. The largest absolute Gasteiger partial charge is 0.392 e. The molecule has 0 fully saturated rings. The molecule has 0 aromatic heterocycles. The minimum Gasteiger partial charge on any atom is -0.392 e. The zero-order valence-electron chi connectivity index (χ0n) is 6.86. The smallest absolute Gasteiger partial charge is 0.124 e. The predicted octanol–water partition coefficient (Wildman–Crippen LogP) is 1.38. The second-order valence-corrected chi connectivity index (χ2v) is 2.70. The van der Waals surface area contributed by atoms with Gasteiger partial charge in [-0.05, 0) is 12.0 Å². The van der Waals surface area contributed by atoms with Crippen LogP contribution in [-0.4, -0.2) is 18.0 Å². The second-order valence-electron chi connectivity index (χ2n) is 2.70. The molecule has 0 heterocycles. The van der Waals surface area contributed by atoms with E-state index in [0.29, 0.717) is 6.42 Å². The van der Waals surface area contributed by atoms with Crippen LogP contribution in [0.15, 0.2) is 35.5 Å². The van der Waals surface area contributed by atoms with Crippen molar-refractivity contribution in [3.63, 3.8) is 0 Å². The van der Waals surface area contributed by atoms with E-state index in [1.165, 1.54) is 0 Å². The minimum absolute atomic E-state index is 0.0682. The lowest BCUT2D eigenvalue weighted by Crippen LogP contribution is -1.86. The van der Waals surface area contributed by atoms with Gasteiger partial charge >= 0.3 is 0 Å². The van der Waals surface area contributed by atoms with Crippen molar-refractivity contribution in [2.75, 3.05) is 6.61 Å². The Bertz CT molecular complexity index is 247. The third-order valence-electron chi connectivity index (χ3n) is 1.80. The first-order valence-electron chi connectivity index (χ1n) is 3.96. The van der Waals surface area contributed by atoms with Crippen molar-refractivity contribution in [2.24, 2.45) is 0 Å². The Balaban J connectivity index is 2.63. The zero-order chi connectivity index (χ0) is 8.81. The van der Waals surface area contributed by atoms with Crippen LogP contribution in [0.5, 0.6) is 0 Å². The number of aliphatic hydroxyl groups is 1. The SMILES string of the molecule is O=CCC1=CC=CC(CO)=CC1. The second kappa shape index (κ2) is 4.67. The van der Waals surface area contributed by atoms with Crippen LogP contribution >= 0.6 is 0 Å². The average molecular weight is 164 g/mol. The molecule has 0 saturated carbocycles. The molecular formula is C10H12O2. The van der Waals surface area contributed by atoms with Gasteiger partial charge in [-0.2, -0.15) is 0 Å². The molecular weight excluding hydrogens is 152 g/mol. The quantitative estimate of drug-likeness (QED) is 0.640. The summed E-state index contributed by atoms with van der Waals surface area (Å²) in [4.78, 5) is 10.2. The highest BCUT2D eigenvalue weighted by Gasteiger charge is 1.98. The summed E-state index contributed by atoms with van der Waals surface area (Å²) in [6, 6.07) is 0. The van der Waals surface area contributed by atoms with Crippen LogP contribution < -0.4 is 0 Å². The molecule has 0 unspecified atom stereocenters. The molecule has 2 heteroatoms. The molecule has 0 atom stereocenters. The molecule has 1 rings (SSSR count). The fraction of sp³-hybridized carbons (Fsp3) is 0.300. The van der Waals surface area contributed by atoms with Crippen LogP contribution in [0.3, 0.4) is 0 Å². The lowest BCUT2D eigenvalue weighted by Gasteiger charge is -1.96. The number of hydrogen-bond donors (Lipinski definition) is 1. The fourth-order valence-corrected chi connectivity index (χ4v) is 1.08. The molecule has 0 aromatic carbocycles. The maximum absolute atomic E-state index is 10.2. The molecule has 1 N–H and O–H groups in total. The maximum Gasteiger partial charge on any atom is 0.124 e. The summed E-state index contributed by atoms with van der Waals surface area (Å²) in [7, 11) is 0. The molecule has 0 aromatic rings. The number of carbonyl (C=O) groups is 1. The third-order valence-corrected chi connectivity index (χ3v) is 1.80. The molecule has 0 amide bonds. The molecule has 0 radical (unpaired) electrons. The molecule has 0 spiro atoms. The van der Waals surface area contributed by atoms with Crippen LogP contribution in [0, 0.1) is 0 Å². The van der Waals surface area contributed by atoms with E-state index in [2.05, 4.69) is 0 Å². The molecule has 0 bridgehead atoms. The maximum atomic E-state index is 10.2. The highest BCUT2D eigenvalue weighted by Crippen LogP contribution is 2.13. The standard InChI is InChI=1S/C10H12O2/c11-7-6-9-2-1-3-10(8-12)5-4-9/h1-3,5,7,12H,4,6,8H2. The van der Waals surface area contributed by atoms with Gasteiger partial charge in [-0.15, -0.1) is 0 Å². The Kier molecular flexibility index (Phi) is 3.48. The Hall–Kier alpha value is -1.15. The van der Waals surface area contributed by atoms with Crippen molar-refractivity contribution in [2.45, 2.75) is 12.8 Å². The van der Waals surface area contributed by atoms with E-state index in [1.807, 2.05) is 24.3 Å². The number of aldehydes is 1. The molecule has 0 saturated heterocycles. The summed E-state index contributed by atoms with van der Waals surface area (Å²) in [6.45, 7) is 0.0682. The van der Waals surface area contributed by atoms with Crippen LogP contribution in [0.1, 0.15) is 12.8 Å². The van der Waals surface area contributed by atoms with Crippen molar-refractivity contribution >= 4 is 6.29 Å². The Morgan fingerprint density at radius 3 is 3.08 bits per heavy atom. The summed E-state index contributed by atoms with van der Waals surface area (Å²) < 4.78 is 0. The molecule has 1 aliphatic rings. The minimum atomic E-state index is 0.0682. The van der Waals surface area contributed by atoms with Gasteiger partial charge in [0.05, 0.1) is 6.61 Å². The van der Waals surface area contributed by atoms with Crippen molar-refractivity contribution in [3.05, 3.63) is 35.5 Å². The van der Waals surface area contributed by atoms with Crippen molar-refractivity contribution in [1.29, 1.82) is 0 Å². The van der Waals surface area contributed by atoms with Gasteiger partial charge in [0, 0.05) is 6.42 Å². The topological polar surface area (TPSA) is 37.3 Å². The van der Waals surface area contributed by atoms with E-state index >= 15 is 0 Å². The zero-order valence-corrected chi connectivity index (χ0v) is 6.86. The van der Waals surface area contributed by atoms with E-state index in [1.54, 1.807) is 0 Å². The number of hydrogen-bond acceptors (Lipinski definition) is 2. The lowest BCUT2D eigenvalue weighted by molar-refractivity contribution is -0.107. The van der Waals surface area contributed by atoms with Gasteiger partial charge in [-0.1, -0.05) is 29.9 Å². The molecule has 1 aliphatic carbocycles. The van der Waals surface area contributed by atoms with Crippen molar-refractivity contribution in [1.82, 2.24) is 0 Å². The highest BCUT2D eigenvalue weighted by atomic mass is 16.3. The molecule has 0 aliphatic heterocycles. The van der Waals surface area contributed by atoms with Gasteiger partial charge in [-0.25, -0.2) is 0 Å². The first kappa shape index (κ1) is 8.94. The predicted molar refractivity (Wildman–Crippen MR) is 47.7 cm³/mol. The Morgan fingerprint density at radius 2 is 2.42 bits per heavy atom. The van der Waals surface area contributed by atoms with Gasteiger partial charge in [-0.3, -0.25) is 0 Å². The van der Waals surface area contributed by atoms with Gasteiger partial charge < -0.3 is 9.90 Å². The van der Waals surface area contributed by atoms with Gasteiger partial charge in [0.15, 0.2) is 0 Å². The first-order valence-corrected chi connectivity index (χ1v) is 3.96. The van der Waals surface area contributed by atoms with Gasteiger partial charge in [0.1, 0.15) is 6.29 Å². The number of rotatable bonds is 3. The van der Waals surface area contributed by atoms with E-state index < -0.39 is 0 Å². The summed E-state index contributed by atoms with van der Waals surface area (Å²) in [5.41, 5.74) is 2.00. The first-order chi connectivity index (χ1) is 5.86. The summed E-state index contributed by atoms with van der Waals surface area (Å²) >= 11 is 0. The Labute approximate surface area is 71.9 Å². The lowest BCUT2D eigenvalue weighted by atomic mass is 10.1. The number of aliphatic hydroxyl groups excluding tert-OH is 1. The van der Waals surface area contributed by atoms with E-state index in [0.717, 1.165) is 23.9 Å². The summed E-state index contributed by atoms with van der Waals surface area (Å²) in [5, 5.41) is 8.82. The normalized spacial score (nSPS) is 16.4. The van der Waals surface area contributed by atoms with Crippen molar-refractivity contribution < 1.29 is 9.90 Å². The van der Waals surface area contributed by atoms with E-state index in [-0.39, 0.29) is 6.61 Å².